The molecule has 0 aromatic heterocycles. The number of guanidine groups is 1. The summed E-state index contributed by atoms with van der Waals surface area (Å²) in [6.45, 7) is 0.982. The van der Waals surface area contributed by atoms with Crippen LogP contribution in [0.1, 0.15) is 36.3 Å². The quantitative estimate of drug-likeness (QED) is 0.626. The number of benzene rings is 1. The molecule has 2 N–H and O–H groups in total. The van der Waals surface area contributed by atoms with Crippen LogP contribution in [0.25, 0.3) is 0 Å². The lowest BCUT2D eigenvalue weighted by atomic mass is 9.73. The fourth-order valence-electron chi connectivity index (χ4n) is 4.69. The van der Waals surface area contributed by atoms with Gasteiger partial charge in [0, 0.05) is 37.1 Å². The number of rotatable bonds is 5. The van der Waals surface area contributed by atoms with E-state index in [2.05, 4.69) is 4.99 Å². The van der Waals surface area contributed by atoms with Gasteiger partial charge in [0.1, 0.15) is 11.6 Å². The number of amides is 1. The van der Waals surface area contributed by atoms with Crippen LogP contribution in [0, 0.1) is 11.7 Å². The number of carbonyl (C=O) groups excluding carboxylic acids is 1. The van der Waals surface area contributed by atoms with Crippen molar-refractivity contribution in [1.29, 1.82) is 0 Å². The smallest absolute Gasteiger partial charge is 0.306 e. The normalized spacial score (nSPS) is 26.7. The van der Waals surface area contributed by atoms with Gasteiger partial charge in [-0.25, -0.2) is 9.38 Å². The van der Waals surface area contributed by atoms with Gasteiger partial charge < -0.3 is 14.7 Å². The Balaban J connectivity index is 1.80. The van der Waals surface area contributed by atoms with Crippen LogP contribution < -0.4 is 5.73 Å². The first kappa shape index (κ1) is 23.7. The Hall–Kier alpha value is -2.43. The van der Waals surface area contributed by atoms with Crippen LogP contribution in [0.5, 0.6) is 0 Å². The summed E-state index contributed by atoms with van der Waals surface area (Å²) >= 11 is 6.22. The lowest BCUT2D eigenvalue weighted by molar-refractivity contribution is -0.134. The summed E-state index contributed by atoms with van der Waals surface area (Å²) in [5.41, 5.74) is 5.53. The van der Waals surface area contributed by atoms with Gasteiger partial charge in [0.2, 0.25) is 0 Å². The fraction of sp³-hybridized carbons (Fsp3) is 0.455. The van der Waals surface area contributed by atoms with Gasteiger partial charge in [-0.3, -0.25) is 9.69 Å². The number of nitrogens with zero attached hydrogens (tertiary/aromatic N) is 2. The lowest BCUT2D eigenvalue weighted by Crippen LogP contribution is -2.46. The van der Waals surface area contributed by atoms with Crippen LogP contribution >= 0.6 is 11.6 Å². The van der Waals surface area contributed by atoms with E-state index in [1.54, 1.807) is 19.2 Å². The van der Waals surface area contributed by atoms with E-state index >= 15 is 4.39 Å². The van der Waals surface area contributed by atoms with Crippen LogP contribution in [0.3, 0.4) is 0 Å². The molecule has 1 aromatic carbocycles. The molecule has 1 aliphatic carbocycles. The van der Waals surface area contributed by atoms with E-state index < -0.39 is 27.4 Å². The first-order valence-electron chi connectivity index (χ1n) is 10.5. The SMILES string of the molecule is CN1C(=O)C(c2ccc(F)c(C3C=C(OS(C)(=O)=O)C=C(Cl)C3)c2)(C2CCOCC2)N=C1N. The molecule has 0 spiro atoms. The van der Waals surface area contributed by atoms with Crippen LogP contribution in [0.4, 0.5) is 4.39 Å². The predicted octanol–water partition coefficient (Wildman–Crippen LogP) is 2.70. The Kier molecular flexibility index (Phi) is 6.28. The van der Waals surface area contributed by atoms with Gasteiger partial charge in [0.05, 0.1) is 6.26 Å². The zero-order valence-corrected chi connectivity index (χ0v) is 19.8. The third kappa shape index (κ3) is 4.51. The summed E-state index contributed by atoms with van der Waals surface area (Å²) in [7, 11) is -2.22. The number of ether oxygens (including phenoxy) is 1. The fourth-order valence-corrected chi connectivity index (χ4v) is 5.42. The van der Waals surface area contributed by atoms with Gasteiger partial charge >= 0.3 is 10.1 Å². The molecular formula is C22H25ClFN3O5S. The largest absolute Gasteiger partial charge is 0.383 e. The molecule has 1 aromatic rings. The summed E-state index contributed by atoms with van der Waals surface area (Å²) in [5.74, 6) is -1.44. The number of hydrogen-bond acceptors (Lipinski definition) is 7. The number of hydrogen-bond donors (Lipinski definition) is 1. The van der Waals surface area contributed by atoms with E-state index in [0.29, 0.717) is 36.7 Å². The van der Waals surface area contributed by atoms with Crippen molar-refractivity contribution in [2.24, 2.45) is 16.6 Å². The van der Waals surface area contributed by atoms with Gasteiger partial charge in [0.25, 0.3) is 5.91 Å². The standard InChI is InChI=1S/C22H25ClFN3O5S/c1-27-20(28)22(26-21(27)25,14-5-7-31-8-6-14)15-3-4-19(24)18(11-15)13-9-16(23)12-17(10-13)32-33(2,29)30/h3-4,10-14H,5-9H2,1-2H3,(H2,25,26). The average Bonchev–Trinajstić information content (AvgIpc) is 2.98. The predicted molar refractivity (Wildman–Crippen MR) is 121 cm³/mol. The lowest BCUT2D eigenvalue weighted by Gasteiger charge is -2.36. The molecule has 2 unspecified atom stereocenters. The van der Waals surface area contributed by atoms with Gasteiger partial charge in [-0.15, -0.1) is 0 Å². The number of aliphatic imine (C=N–C) groups is 1. The van der Waals surface area contributed by atoms with Crippen LogP contribution in [-0.2, 0) is 29.4 Å². The highest BCUT2D eigenvalue weighted by Gasteiger charge is 2.53. The third-order valence-corrected chi connectivity index (χ3v) is 7.00. The van der Waals surface area contributed by atoms with E-state index in [1.807, 2.05) is 0 Å². The van der Waals surface area contributed by atoms with E-state index in [1.165, 1.54) is 23.1 Å². The van der Waals surface area contributed by atoms with Crippen molar-refractivity contribution in [3.05, 3.63) is 58.1 Å². The second kappa shape index (κ2) is 8.73. The molecule has 2 heterocycles. The highest BCUT2D eigenvalue weighted by molar-refractivity contribution is 7.86. The second-order valence-electron chi connectivity index (χ2n) is 8.48. The highest BCUT2D eigenvalue weighted by Crippen LogP contribution is 2.45. The summed E-state index contributed by atoms with van der Waals surface area (Å²) in [6, 6.07) is 4.45. The highest BCUT2D eigenvalue weighted by atomic mass is 35.5. The first-order chi connectivity index (χ1) is 15.5. The van der Waals surface area contributed by atoms with E-state index in [0.717, 1.165) is 6.26 Å². The number of likely N-dealkylation sites (N-methyl/N-ethyl adjacent to an activating group) is 1. The molecule has 33 heavy (non-hydrogen) atoms. The molecule has 0 saturated carbocycles. The second-order valence-corrected chi connectivity index (χ2v) is 10.5. The van der Waals surface area contributed by atoms with Crippen molar-refractivity contribution < 1.29 is 26.5 Å². The Morgan fingerprint density at radius 2 is 2.03 bits per heavy atom. The van der Waals surface area contributed by atoms with Crippen LogP contribution in [-0.4, -0.2) is 51.7 Å². The summed E-state index contributed by atoms with van der Waals surface area (Å²) < 4.78 is 48.6. The molecule has 1 saturated heterocycles. The molecule has 3 aliphatic rings. The van der Waals surface area contributed by atoms with Crippen molar-refractivity contribution in [3.63, 3.8) is 0 Å². The zero-order valence-electron chi connectivity index (χ0n) is 18.3. The monoisotopic (exact) mass is 497 g/mol. The first-order valence-corrected chi connectivity index (χ1v) is 12.7. The van der Waals surface area contributed by atoms with E-state index in [4.69, 9.17) is 26.3 Å². The van der Waals surface area contributed by atoms with Crippen molar-refractivity contribution >= 4 is 33.6 Å². The summed E-state index contributed by atoms with van der Waals surface area (Å²) in [4.78, 5) is 19.4. The molecule has 178 valence electrons. The van der Waals surface area contributed by atoms with Gasteiger partial charge in [0.15, 0.2) is 11.5 Å². The van der Waals surface area contributed by atoms with Gasteiger partial charge in [-0.05, 0) is 54.7 Å². The third-order valence-electron chi connectivity index (χ3n) is 6.24. The maximum Gasteiger partial charge on any atom is 0.306 e. The van der Waals surface area contributed by atoms with Gasteiger partial charge in [-0.2, -0.15) is 8.42 Å². The number of nitrogens with two attached hydrogens (primary N) is 1. The Morgan fingerprint density at radius 3 is 2.64 bits per heavy atom. The van der Waals surface area contributed by atoms with Crippen LogP contribution in [0.15, 0.2) is 46.1 Å². The molecule has 8 nitrogen and oxygen atoms in total. The molecule has 4 rings (SSSR count). The molecular weight excluding hydrogens is 473 g/mol. The number of halogens is 2. The Labute approximate surface area is 197 Å². The molecule has 1 amide bonds. The van der Waals surface area contributed by atoms with Gasteiger partial charge in [-0.1, -0.05) is 17.7 Å². The average molecular weight is 498 g/mol. The topological polar surface area (TPSA) is 111 Å². The van der Waals surface area contributed by atoms with Crippen molar-refractivity contribution in [1.82, 2.24) is 4.90 Å². The van der Waals surface area contributed by atoms with E-state index in [9.17, 15) is 13.2 Å². The Morgan fingerprint density at radius 1 is 1.33 bits per heavy atom. The molecule has 0 bridgehead atoms. The maximum absolute atomic E-state index is 15.0. The Bertz CT molecular complexity index is 1180. The number of carbonyl (C=O) groups is 1. The minimum absolute atomic E-state index is 0.0154. The molecule has 11 heteroatoms. The number of allylic oxidation sites excluding steroid dienone is 3. The van der Waals surface area contributed by atoms with Crippen LogP contribution in [0.2, 0.25) is 0 Å². The van der Waals surface area contributed by atoms with Crippen molar-refractivity contribution in [2.45, 2.75) is 30.7 Å². The van der Waals surface area contributed by atoms with E-state index in [-0.39, 0.29) is 35.5 Å². The van der Waals surface area contributed by atoms with Crippen molar-refractivity contribution in [3.8, 4) is 0 Å². The minimum atomic E-state index is -3.79. The summed E-state index contributed by atoms with van der Waals surface area (Å²) in [6.07, 6.45) is 5.28. The zero-order chi connectivity index (χ0) is 24.0. The molecule has 2 aliphatic heterocycles. The molecule has 0 radical (unpaired) electrons. The maximum atomic E-state index is 15.0. The summed E-state index contributed by atoms with van der Waals surface area (Å²) in [5, 5.41) is 0.323. The minimum Gasteiger partial charge on any atom is -0.383 e. The molecule has 2 atom stereocenters. The van der Waals surface area contributed by atoms with Crippen molar-refractivity contribution in [2.75, 3.05) is 26.5 Å². The molecule has 1 fully saturated rings.